The predicted molar refractivity (Wildman–Crippen MR) is 113 cm³/mol. The van der Waals surface area contributed by atoms with Crippen LogP contribution < -0.4 is 5.32 Å². The van der Waals surface area contributed by atoms with Gasteiger partial charge in [0.05, 0.1) is 22.8 Å². The van der Waals surface area contributed by atoms with Gasteiger partial charge in [-0.05, 0) is 38.0 Å². The predicted octanol–water partition coefficient (Wildman–Crippen LogP) is 2.90. The highest BCUT2D eigenvalue weighted by atomic mass is 15.3. The minimum atomic E-state index is -0.573. The molecule has 152 valence electrons. The van der Waals surface area contributed by atoms with E-state index in [1.54, 1.807) is 17.2 Å². The van der Waals surface area contributed by atoms with Crippen molar-refractivity contribution in [2.45, 2.75) is 39.3 Å². The molecule has 1 unspecified atom stereocenters. The lowest BCUT2D eigenvalue weighted by molar-refractivity contribution is 0.589. The highest BCUT2D eigenvalue weighted by Gasteiger charge is 2.24. The third-order valence-corrected chi connectivity index (χ3v) is 4.99. The summed E-state index contributed by atoms with van der Waals surface area (Å²) < 4.78 is 3.86. The number of imidazole rings is 1. The van der Waals surface area contributed by atoms with Crippen LogP contribution in [0.1, 0.15) is 36.3 Å². The quantitative estimate of drug-likeness (QED) is 0.452. The molecule has 0 bridgehead atoms. The van der Waals surface area contributed by atoms with Crippen LogP contribution in [0.2, 0.25) is 0 Å². The Morgan fingerprint density at radius 2 is 2.10 bits per heavy atom. The van der Waals surface area contributed by atoms with Crippen LogP contribution in [0, 0.1) is 18.3 Å². The lowest BCUT2D eigenvalue weighted by atomic mass is 10.0. The molecule has 0 saturated carbocycles. The molecule has 30 heavy (non-hydrogen) atoms. The van der Waals surface area contributed by atoms with Crippen molar-refractivity contribution in [2.75, 3.05) is 11.9 Å². The zero-order valence-corrected chi connectivity index (χ0v) is 17.0. The van der Waals surface area contributed by atoms with Crippen molar-refractivity contribution in [3.8, 4) is 6.07 Å². The Hall–Kier alpha value is -3.80. The van der Waals surface area contributed by atoms with Crippen molar-refractivity contribution < 1.29 is 0 Å². The number of aryl methyl sites for hydroxylation is 3. The van der Waals surface area contributed by atoms with E-state index in [9.17, 15) is 5.26 Å². The standard InChI is InChI=1S/C21H23N9/c1-3-30-18-8-5-4-7-17(18)27-20(30)16(11-22)19-15(2)12-25-21(28-19)24-9-6-10-29-14-23-13-26-29/h4-5,7-8,12-14,16H,3,6,9-10H2,1-2H3,(H,24,25,28). The van der Waals surface area contributed by atoms with Gasteiger partial charge in [0.1, 0.15) is 24.4 Å². The van der Waals surface area contributed by atoms with E-state index < -0.39 is 5.92 Å². The number of nitrogens with zero attached hydrogens (tertiary/aromatic N) is 8. The van der Waals surface area contributed by atoms with Crippen LogP contribution >= 0.6 is 0 Å². The molecule has 0 saturated heterocycles. The van der Waals surface area contributed by atoms with Crippen molar-refractivity contribution in [3.05, 3.63) is 60.2 Å². The summed E-state index contributed by atoms with van der Waals surface area (Å²) in [5.41, 5.74) is 3.45. The van der Waals surface area contributed by atoms with Crippen LogP contribution in [0.5, 0.6) is 0 Å². The molecule has 0 aliphatic heterocycles. The van der Waals surface area contributed by atoms with E-state index in [-0.39, 0.29) is 0 Å². The molecule has 3 aromatic heterocycles. The Kier molecular flexibility index (Phi) is 5.66. The first-order chi connectivity index (χ1) is 14.7. The number of benzene rings is 1. The van der Waals surface area contributed by atoms with Gasteiger partial charge in [-0.25, -0.2) is 19.9 Å². The Balaban J connectivity index is 1.57. The van der Waals surface area contributed by atoms with E-state index in [1.165, 1.54) is 6.33 Å². The molecule has 9 nitrogen and oxygen atoms in total. The normalized spacial score (nSPS) is 12.0. The Morgan fingerprint density at radius 3 is 2.87 bits per heavy atom. The van der Waals surface area contributed by atoms with Crippen molar-refractivity contribution in [1.82, 2.24) is 34.3 Å². The molecule has 0 spiro atoms. The van der Waals surface area contributed by atoms with E-state index in [0.29, 0.717) is 24.0 Å². The molecule has 0 aliphatic carbocycles. The molecule has 0 fully saturated rings. The SMILES string of the molecule is CCn1c(C(C#N)c2nc(NCCCn3cncn3)ncc2C)nc2ccccc21. The maximum absolute atomic E-state index is 10.0. The Bertz CT molecular complexity index is 1170. The molecule has 1 atom stereocenters. The van der Waals surface area contributed by atoms with Crippen LogP contribution in [0.15, 0.2) is 43.1 Å². The smallest absolute Gasteiger partial charge is 0.222 e. The molecule has 0 radical (unpaired) electrons. The average Bonchev–Trinajstić information content (AvgIpc) is 3.41. The van der Waals surface area contributed by atoms with Gasteiger partial charge in [0, 0.05) is 25.8 Å². The molecule has 1 aromatic carbocycles. The average molecular weight is 401 g/mol. The molecule has 4 rings (SSSR count). The third-order valence-electron chi connectivity index (χ3n) is 4.99. The number of aromatic nitrogens is 7. The zero-order valence-electron chi connectivity index (χ0n) is 17.0. The number of hydrogen-bond donors (Lipinski definition) is 1. The first kappa shape index (κ1) is 19.5. The Morgan fingerprint density at radius 1 is 1.23 bits per heavy atom. The summed E-state index contributed by atoms with van der Waals surface area (Å²) in [6.07, 6.45) is 5.82. The molecular formula is C21H23N9. The number of anilines is 1. The van der Waals surface area contributed by atoms with Gasteiger partial charge in [-0.1, -0.05) is 12.1 Å². The summed E-state index contributed by atoms with van der Waals surface area (Å²) in [6, 6.07) is 10.3. The first-order valence-electron chi connectivity index (χ1n) is 9.96. The van der Waals surface area contributed by atoms with Crippen LogP contribution in [0.4, 0.5) is 5.95 Å². The van der Waals surface area contributed by atoms with Gasteiger partial charge in [-0.15, -0.1) is 0 Å². The molecule has 0 amide bonds. The van der Waals surface area contributed by atoms with Crippen molar-refractivity contribution in [2.24, 2.45) is 0 Å². The number of hydrogen-bond acceptors (Lipinski definition) is 7. The van der Waals surface area contributed by atoms with Crippen molar-refractivity contribution >= 4 is 17.0 Å². The second kappa shape index (κ2) is 8.69. The number of nitriles is 1. The van der Waals surface area contributed by atoms with E-state index in [2.05, 4.69) is 42.9 Å². The van der Waals surface area contributed by atoms with E-state index >= 15 is 0 Å². The minimum absolute atomic E-state index is 0.508. The fourth-order valence-electron chi connectivity index (χ4n) is 3.51. The number of para-hydroxylation sites is 2. The van der Waals surface area contributed by atoms with Crippen molar-refractivity contribution in [1.29, 1.82) is 5.26 Å². The molecule has 0 aliphatic rings. The van der Waals surface area contributed by atoms with Gasteiger partial charge < -0.3 is 9.88 Å². The Labute approximate surface area is 174 Å². The highest BCUT2D eigenvalue weighted by Crippen LogP contribution is 2.28. The van der Waals surface area contributed by atoms with Gasteiger partial charge in [0.25, 0.3) is 0 Å². The maximum Gasteiger partial charge on any atom is 0.222 e. The van der Waals surface area contributed by atoms with Crippen LogP contribution in [0.3, 0.4) is 0 Å². The summed E-state index contributed by atoms with van der Waals surface area (Å²) in [7, 11) is 0. The molecule has 1 N–H and O–H groups in total. The largest absolute Gasteiger partial charge is 0.354 e. The van der Waals surface area contributed by atoms with Crippen molar-refractivity contribution in [3.63, 3.8) is 0 Å². The lowest BCUT2D eigenvalue weighted by Gasteiger charge is -2.14. The van der Waals surface area contributed by atoms with E-state index in [0.717, 1.165) is 36.1 Å². The fraction of sp³-hybridized carbons (Fsp3) is 0.333. The minimum Gasteiger partial charge on any atom is -0.354 e. The zero-order chi connectivity index (χ0) is 20.9. The second-order valence-corrected chi connectivity index (χ2v) is 6.97. The number of nitrogens with one attached hydrogen (secondary N) is 1. The summed E-state index contributed by atoms with van der Waals surface area (Å²) in [5, 5.41) is 17.3. The van der Waals surface area contributed by atoms with E-state index in [4.69, 9.17) is 4.98 Å². The molecule has 3 heterocycles. The molecule has 9 heteroatoms. The molecule has 4 aromatic rings. The van der Waals surface area contributed by atoms with Gasteiger partial charge in [0.2, 0.25) is 5.95 Å². The number of rotatable bonds is 8. The highest BCUT2D eigenvalue weighted by molar-refractivity contribution is 5.76. The summed E-state index contributed by atoms with van der Waals surface area (Å²) >= 11 is 0. The first-order valence-corrected chi connectivity index (χ1v) is 9.96. The fourth-order valence-corrected chi connectivity index (χ4v) is 3.51. The van der Waals surface area contributed by atoms with Gasteiger partial charge >= 0.3 is 0 Å². The summed E-state index contributed by atoms with van der Waals surface area (Å²) in [5.74, 6) is 0.643. The van der Waals surface area contributed by atoms with Crippen LogP contribution in [-0.2, 0) is 13.1 Å². The van der Waals surface area contributed by atoms with Crippen LogP contribution in [0.25, 0.3) is 11.0 Å². The summed E-state index contributed by atoms with van der Waals surface area (Å²) in [6.45, 7) is 6.15. The topological polar surface area (TPSA) is 110 Å². The van der Waals surface area contributed by atoms with Crippen LogP contribution in [-0.4, -0.2) is 40.8 Å². The maximum atomic E-state index is 10.0. The number of fused-ring (bicyclic) bond motifs is 1. The third kappa shape index (κ3) is 3.85. The molecular weight excluding hydrogens is 378 g/mol. The van der Waals surface area contributed by atoms with Gasteiger partial charge in [0.15, 0.2) is 0 Å². The summed E-state index contributed by atoms with van der Waals surface area (Å²) in [4.78, 5) is 17.7. The second-order valence-electron chi connectivity index (χ2n) is 6.97. The van der Waals surface area contributed by atoms with Gasteiger partial charge in [-0.2, -0.15) is 10.4 Å². The monoisotopic (exact) mass is 401 g/mol. The van der Waals surface area contributed by atoms with E-state index in [1.807, 2.05) is 31.2 Å². The lowest BCUT2D eigenvalue weighted by Crippen LogP contribution is -2.14. The van der Waals surface area contributed by atoms with Gasteiger partial charge in [-0.3, -0.25) is 4.68 Å².